The van der Waals surface area contributed by atoms with Crippen molar-refractivity contribution in [3.63, 3.8) is 0 Å². The smallest absolute Gasteiger partial charge is 0.313 e. The van der Waals surface area contributed by atoms with E-state index in [4.69, 9.17) is 9.47 Å². The van der Waals surface area contributed by atoms with Gasteiger partial charge in [0.15, 0.2) is 0 Å². The maximum Gasteiger partial charge on any atom is 0.313 e. The number of carbonyl (C=O) groups is 3. The van der Waals surface area contributed by atoms with Gasteiger partial charge in [-0.2, -0.15) is 0 Å². The Morgan fingerprint density at radius 1 is 1.09 bits per heavy atom. The number of carbonyl (C=O) groups excluding carboxylic acids is 3. The lowest BCUT2D eigenvalue weighted by Gasteiger charge is -2.41. The summed E-state index contributed by atoms with van der Waals surface area (Å²) in [4.78, 5) is 44.4. The molecule has 1 unspecified atom stereocenters. The number of esters is 1. The number of aliphatic hydroxyl groups excluding tert-OH is 1. The zero-order chi connectivity index (χ0) is 24.0. The highest BCUT2D eigenvalue weighted by atomic mass is 16.6. The standard InChI is InChI=1S/C25H36N2O6/c1-5-24-11-8-6-7-9-16-32-22(31)18(24)17-20(29)26(14-15-28)19-21(30)27(23(2,3)4)13-10-12-25(17,19)33-24/h8,10-12,17-19,28H,5-7,9,13-16H2,1-4H3/b11-8-/t17-,18+,19?,24-,25-/m0/s1. The van der Waals surface area contributed by atoms with E-state index in [2.05, 4.69) is 0 Å². The molecule has 4 aliphatic heterocycles. The van der Waals surface area contributed by atoms with Gasteiger partial charge in [0.25, 0.3) is 0 Å². The quantitative estimate of drug-likeness (QED) is 0.510. The maximum absolute atomic E-state index is 14.0. The summed E-state index contributed by atoms with van der Waals surface area (Å²) in [5, 5.41) is 9.73. The molecule has 0 saturated carbocycles. The molecule has 0 radical (unpaired) electrons. The number of nitrogens with zero attached hydrogens (tertiary/aromatic N) is 2. The number of rotatable bonds is 3. The Labute approximate surface area is 195 Å². The van der Waals surface area contributed by atoms with Crippen molar-refractivity contribution in [1.82, 2.24) is 9.80 Å². The van der Waals surface area contributed by atoms with E-state index in [0.717, 1.165) is 19.3 Å². The Hall–Kier alpha value is -2.19. The molecule has 0 aromatic rings. The van der Waals surface area contributed by atoms with E-state index in [1.165, 1.54) is 4.90 Å². The van der Waals surface area contributed by atoms with Crippen LogP contribution >= 0.6 is 0 Å². The van der Waals surface area contributed by atoms with Gasteiger partial charge in [-0.1, -0.05) is 31.2 Å². The fourth-order valence-corrected chi connectivity index (χ4v) is 5.99. The first-order valence-corrected chi connectivity index (χ1v) is 12.1. The summed E-state index contributed by atoms with van der Waals surface area (Å²) in [5.74, 6) is -2.80. The second kappa shape index (κ2) is 8.55. The molecule has 0 aliphatic carbocycles. The van der Waals surface area contributed by atoms with Crippen LogP contribution < -0.4 is 0 Å². The van der Waals surface area contributed by atoms with Gasteiger partial charge in [-0.05, 0) is 46.5 Å². The van der Waals surface area contributed by atoms with Crippen LogP contribution in [0.1, 0.15) is 53.4 Å². The van der Waals surface area contributed by atoms with Gasteiger partial charge in [0, 0.05) is 18.6 Å². The van der Waals surface area contributed by atoms with Crippen LogP contribution in [0.3, 0.4) is 0 Å². The molecule has 4 rings (SSSR count). The SMILES string of the molecule is CC[C@]12/C=C\CCCCOC(=O)[C@H]1[C@H]1C(=O)N(CCO)C3C(=O)N(C(C)(C)C)CC=C[C@@]31O2. The maximum atomic E-state index is 14.0. The monoisotopic (exact) mass is 460 g/mol. The molecular weight excluding hydrogens is 424 g/mol. The third-order valence-electron chi connectivity index (χ3n) is 7.53. The van der Waals surface area contributed by atoms with Crippen LogP contribution in [0.2, 0.25) is 0 Å². The highest BCUT2D eigenvalue weighted by Gasteiger charge is 2.75. The lowest BCUT2D eigenvalue weighted by Crippen LogP contribution is -2.59. The molecule has 2 fully saturated rings. The molecule has 1 spiro atoms. The molecule has 0 bridgehead atoms. The molecule has 4 aliphatic rings. The van der Waals surface area contributed by atoms with Gasteiger partial charge in [-0.15, -0.1) is 0 Å². The summed E-state index contributed by atoms with van der Waals surface area (Å²) < 4.78 is 12.4. The van der Waals surface area contributed by atoms with Crippen LogP contribution in [0.5, 0.6) is 0 Å². The largest absolute Gasteiger partial charge is 0.465 e. The highest BCUT2D eigenvalue weighted by Crippen LogP contribution is 2.58. The highest BCUT2D eigenvalue weighted by molar-refractivity contribution is 5.99. The Balaban J connectivity index is 1.90. The van der Waals surface area contributed by atoms with E-state index in [0.29, 0.717) is 19.6 Å². The van der Waals surface area contributed by atoms with Crippen LogP contribution in [0, 0.1) is 11.8 Å². The summed E-state index contributed by atoms with van der Waals surface area (Å²) >= 11 is 0. The third-order valence-corrected chi connectivity index (χ3v) is 7.53. The summed E-state index contributed by atoms with van der Waals surface area (Å²) in [6.45, 7) is 8.17. The van der Waals surface area contributed by atoms with Gasteiger partial charge in [-0.25, -0.2) is 0 Å². The van der Waals surface area contributed by atoms with Crippen molar-refractivity contribution >= 4 is 17.8 Å². The van der Waals surface area contributed by atoms with Gasteiger partial charge in [0.2, 0.25) is 11.8 Å². The lowest BCUT2D eigenvalue weighted by atomic mass is 9.73. The lowest BCUT2D eigenvalue weighted by molar-refractivity contribution is -0.162. The molecule has 0 aromatic heterocycles. The molecule has 2 saturated heterocycles. The number of amides is 2. The zero-order valence-electron chi connectivity index (χ0n) is 20.1. The first-order valence-electron chi connectivity index (χ1n) is 12.1. The van der Waals surface area contributed by atoms with Gasteiger partial charge >= 0.3 is 5.97 Å². The second-order valence-corrected chi connectivity index (χ2v) is 10.5. The predicted octanol–water partition coefficient (Wildman–Crippen LogP) is 1.82. The number of ether oxygens (including phenoxy) is 2. The van der Waals surface area contributed by atoms with Gasteiger partial charge in [-0.3, -0.25) is 14.4 Å². The van der Waals surface area contributed by atoms with Crippen molar-refractivity contribution in [2.24, 2.45) is 11.8 Å². The van der Waals surface area contributed by atoms with E-state index >= 15 is 0 Å². The Kier molecular flexibility index (Phi) is 6.20. The fraction of sp³-hybridized carbons (Fsp3) is 0.720. The number of allylic oxidation sites excluding steroid dienone is 1. The van der Waals surface area contributed by atoms with E-state index in [1.807, 2.05) is 52.0 Å². The van der Waals surface area contributed by atoms with E-state index < -0.39 is 40.6 Å². The molecular formula is C25H36N2O6. The van der Waals surface area contributed by atoms with Crippen molar-refractivity contribution in [3.05, 3.63) is 24.3 Å². The molecule has 33 heavy (non-hydrogen) atoms. The van der Waals surface area contributed by atoms with Crippen LogP contribution in [0.4, 0.5) is 0 Å². The molecule has 182 valence electrons. The Bertz CT molecular complexity index is 877. The average Bonchev–Trinajstić information content (AvgIpc) is 3.09. The minimum Gasteiger partial charge on any atom is -0.465 e. The Morgan fingerprint density at radius 2 is 1.85 bits per heavy atom. The first kappa shape index (κ1) is 24.0. The fourth-order valence-electron chi connectivity index (χ4n) is 5.99. The van der Waals surface area contributed by atoms with Crippen LogP contribution in [-0.4, -0.2) is 81.8 Å². The summed E-state index contributed by atoms with van der Waals surface area (Å²) in [6.07, 6.45) is 10.6. The number of aliphatic hydroxyl groups is 1. The van der Waals surface area contributed by atoms with Crippen molar-refractivity contribution in [2.45, 2.75) is 76.2 Å². The molecule has 5 atom stereocenters. The van der Waals surface area contributed by atoms with Crippen molar-refractivity contribution in [1.29, 1.82) is 0 Å². The predicted molar refractivity (Wildman–Crippen MR) is 121 cm³/mol. The normalized spacial score (nSPS) is 37.8. The third kappa shape index (κ3) is 3.62. The number of β-amino-alcohol motifs (C(OH)–C–C–N with tert-alkyl or cyclic N) is 1. The number of hydrogen-bond donors (Lipinski definition) is 1. The molecule has 2 amide bonds. The molecule has 0 aromatic carbocycles. The van der Waals surface area contributed by atoms with E-state index in [9.17, 15) is 19.5 Å². The van der Waals surface area contributed by atoms with Crippen LogP contribution in [0.15, 0.2) is 24.3 Å². The molecule has 8 nitrogen and oxygen atoms in total. The second-order valence-electron chi connectivity index (χ2n) is 10.5. The zero-order valence-corrected chi connectivity index (χ0v) is 20.1. The number of cyclic esters (lactones) is 1. The van der Waals surface area contributed by atoms with Crippen LogP contribution in [-0.2, 0) is 23.9 Å². The Morgan fingerprint density at radius 3 is 2.52 bits per heavy atom. The molecule has 4 heterocycles. The minimum absolute atomic E-state index is 0.000591. The summed E-state index contributed by atoms with van der Waals surface area (Å²) in [6, 6.07) is -0.956. The van der Waals surface area contributed by atoms with Crippen molar-refractivity contribution in [3.8, 4) is 0 Å². The van der Waals surface area contributed by atoms with Gasteiger partial charge in [0.1, 0.15) is 23.2 Å². The molecule has 8 heteroatoms. The van der Waals surface area contributed by atoms with Gasteiger partial charge < -0.3 is 24.4 Å². The topological polar surface area (TPSA) is 96.4 Å². The number of hydrogen-bond acceptors (Lipinski definition) is 6. The van der Waals surface area contributed by atoms with Crippen molar-refractivity contribution in [2.75, 3.05) is 26.3 Å². The summed E-state index contributed by atoms with van der Waals surface area (Å²) in [7, 11) is 0. The van der Waals surface area contributed by atoms with E-state index in [1.54, 1.807) is 4.90 Å². The van der Waals surface area contributed by atoms with E-state index in [-0.39, 0.29) is 25.0 Å². The van der Waals surface area contributed by atoms with Crippen LogP contribution in [0.25, 0.3) is 0 Å². The average molecular weight is 461 g/mol. The summed E-state index contributed by atoms with van der Waals surface area (Å²) in [5.41, 5.74) is -2.82. The first-order chi connectivity index (χ1) is 15.6. The van der Waals surface area contributed by atoms with Gasteiger partial charge in [0.05, 0.1) is 19.1 Å². The number of fused-ring (bicyclic) bond motifs is 2. The number of likely N-dealkylation sites (tertiary alicyclic amines) is 1. The van der Waals surface area contributed by atoms with Crippen molar-refractivity contribution < 1.29 is 29.0 Å². The minimum atomic E-state index is -1.30. The molecule has 1 N–H and O–H groups in total.